The number of methoxy groups -OCH3 is 1. The molecule has 0 bridgehead atoms. The van der Waals surface area contributed by atoms with E-state index in [9.17, 15) is 9.59 Å². The summed E-state index contributed by atoms with van der Waals surface area (Å²) >= 11 is 0. The zero-order chi connectivity index (χ0) is 15.4. The molecule has 6 nitrogen and oxygen atoms in total. The largest absolute Gasteiger partial charge is 0.490 e. The summed E-state index contributed by atoms with van der Waals surface area (Å²) in [4.78, 5) is 23.1. The van der Waals surface area contributed by atoms with Crippen LogP contribution in [0.1, 0.15) is 24.2 Å². The summed E-state index contributed by atoms with van der Waals surface area (Å²) in [5.41, 5.74) is 0.911. The molecule has 0 spiro atoms. The fraction of sp³-hybridized carbons (Fsp3) is 0.333. The normalized spacial score (nSPS) is 10.7. The summed E-state index contributed by atoms with van der Waals surface area (Å²) < 4.78 is 15.5. The molecular weight excluding hydrogens is 274 g/mol. The van der Waals surface area contributed by atoms with Gasteiger partial charge in [0, 0.05) is 5.56 Å². The van der Waals surface area contributed by atoms with Gasteiger partial charge in [-0.2, -0.15) is 0 Å². The Labute approximate surface area is 122 Å². The second kappa shape index (κ2) is 6.30. The zero-order valence-electron chi connectivity index (χ0n) is 12.1. The molecule has 0 aliphatic carbocycles. The van der Waals surface area contributed by atoms with Gasteiger partial charge in [0.05, 0.1) is 24.9 Å². The van der Waals surface area contributed by atoms with E-state index in [0.717, 1.165) is 5.39 Å². The number of rotatable bonds is 5. The van der Waals surface area contributed by atoms with Gasteiger partial charge in [0.15, 0.2) is 0 Å². The third-order valence-electron chi connectivity index (χ3n) is 2.78. The molecule has 0 saturated heterocycles. The van der Waals surface area contributed by atoms with Crippen LogP contribution in [-0.2, 0) is 9.53 Å². The lowest BCUT2D eigenvalue weighted by Gasteiger charge is -2.12. The van der Waals surface area contributed by atoms with Gasteiger partial charge in [0.2, 0.25) is 0 Å². The smallest absolute Gasteiger partial charge is 0.325 e. The second-order valence-corrected chi connectivity index (χ2v) is 4.73. The van der Waals surface area contributed by atoms with Crippen molar-refractivity contribution in [3.8, 4) is 5.75 Å². The van der Waals surface area contributed by atoms with Gasteiger partial charge in [-0.3, -0.25) is 9.59 Å². The number of benzene rings is 1. The first-order valence-electron chi connectivity index (χ1n) is 6.54. The Morgan fingerprint density at radius 1 is 1.33 bits per heavy atom. The van der Waals surface area contributed by atoms with E-state index < -0.39 is 11.9 Å². The molecule has 2 aromatic rings. The maximum absolute atomic E-state index is 12.1. The number of amides is 1. The van der Waals surface area contributed by atoms with Gasteiger partial charge >= 0.3 is 5.97 Å². The van der Waals surface area contributed by atoms with Gasteiger partial charge < -0.3 is 19.2 Å². The van der Waals surface area contributed by atoms with Gasteiger partial charge in [0.25, 0.3) is 5.91 Å². The maximum atomic E-state index is 12.1. The molecule has 0 fully saturated rings. The fourth-order valence-corrected chi connectivity index (χ4v) is 1.85. The highest BCUT2D eigenvalue weighted by atomic mass is 16.5. The monoisotopic (exact) mass is 291 g/mol. The van der Waals surface area contributed by atoms with Crippen LogP contribution in [0.5, 0.6) is 5.75 Å². The van der Waals surface area contributed by atoms with Crippen molar-refractivity contribution in [1.29, 1.82) is 0 Å². The maximum Gasteiger partial charge on any atom is 0.325 e. The van der Waals surface area contributed by atoms with E-state index in [4.69, 9.17) is 9.15 Å². The molecule has 1 amide bonds. The first-order valence-corrected chi connectivity index (χ1v) is 6.54. The Morgan fingerprint density at radius 3 is 2.76 bits per heavy atom. The summed E-state index contributed by atoms with van der Waals surface area (Å²) in [7, 11) is 1.26. The molecule has 6 heteroatoms. The lowest BCUT2D eigenvalue weighted by atomic mass is 10.1. The Morgan fingerprint density at radius 2 is 2.10 bits per heavy atom. The number of carbonyl (C=O) groups is 2. The molecule has 21 heavy (non-hydrogen) atoms. The lowest BCUT2D eigenvalue weighted by molar-refractivity contribution is -0.139. The quantitative estimate of drug-likeness (QED) is 0.854. The summed E-state index contributed by atoms with van der Waals surface area (Å²) in [5, 5.41) is 3.28. The van der Waals surface area contributed by atoms with E-state index in [1.165, 1.54) is 13.4 Å². The highest BCUT2D eigenvalue weighted by Crippen LogP contribution is 2.29. The minimum absolute atomic E-state index is 0.0310. The number of hydrogen-bond donors (Lipinski definition) is 1. The number of fused-ring (bicyclic) bond motifs is 1. The first-order chi connectivity index (χ1) is 10.0. The van der Waals surface area contributed by atoms with Crippen molar-refractivity contribution in [2.75, 3.05) is 13.7 Å². The number of ether oxygens (including phenoxy) is 2. The molecule has 1 heterocycles. The van der Waals surface area contributed by atoms with Gasteiger partial charge in [-0.25, -0.2) is 0 Å². The molecule has 0 aliphatic heterocycles. The van der Waals surface area contributed by atoms with E-state index in [-0.39, 0.29) is 12.6 Å². The van der Waals surface area contributed by atoms with E-state index in [0.29, 0.717) is 16.9 Å². The third-order valence-corrected chi connectivity index (χ3v) is 2.78. The molecule has 1 aromatic carbocycles. The Bertz CT molecular complexity index is 659. The molecule has 0 unspecified atom stereocenters. The number of carbonyl (C=O) groups excluding carboxylic acids is 2. The van der Waals surface area contributed by atoms with E-state index >= 15 is 0 Å². The highest BCUT2D eigenvalue weighted by molar-refractivity contribution is 6.00. The predicted octanol–water partition coefficient (Wildman–Crippen LogP) is 2.12. The lowest BCUT2D eigenvalue weighted by Crippen LogP contribution is -2.30. The number of nitrogens with one attached hydrogen (secondary N) is 1. The van der Waals surface area contributed by atoms with E-state index in [2.05, 4.69) is 10.1 Å². The highest BCUT2D eigenvalue weighted by Gasteiger charge is 2.14. The Hall–Kier alpha value is -2.50. The van der Waals surface area contributed by atoms with Gasteiger partial charge in [-0.05, 0) is 32.0 Å². The third kappa shape index (κ3) is 3.53. The molecule has 0 radical (unpaired) electrons. The summed E-state index contributed by atoms with van der Waals surface area (Å²) in [6, 6.07) is 5.02. The molecule has 0 saturated carbocycles. The standard InChI is InChI=1S/C15H17NO5/c1-9(2)21-13-7-10(6-12-11(13)4-5-20-12)15(18)16-8-14(17)19-3/h4-7,9H,8H2,1-3H3,(H,16,18). The Kier molecular flexibility index (Phi) is 4.47. The molecule has 1 aromatic heterocycles. The van der Waals surface area contributed by atoms with Crippen molar-refractivity contribution in [1.82, 2.24) is 5.32 Å². The van der Waals surface area contributed by atoms with Gasteiger partial charge in [0.1, 0.15) is 17.9 Å². The van der Waals surface area contributed by atoms with Crippen molar-refractivity contribution in [3.63, 3.8) is 0 Å². The van der Waals surface area contributed by atoms with Crippen LogP contribution in [-0.4, -0.2) is 31.6 Å². The summed E-state index contributed by atoms with van der Waals surface area (Å²) in [5.74, 6) is -0.340. The van der Waals surface area contributed by atoms with Crippen LogP contribution in [0.4, 0.5) is 0 Å². The van der Waals surface area contributed by atoms with Crippen LogP contribution in [0.25, 0.3) is 11.0 Å². The van der Waals surface area contributed by atoms with Crippen molar-refractivity contribution < 1.29 is 23.5 Å². The van der Waals surface area contributed by atoms with Crippen LogP contribution in [0.15, 0.2) is 28.9 Å². The average Bonchev–Trinajstić information content (AvgIpc) is 2.92. The van der Waals surface area contributed by atoms with Crippen LogP contribution >= 0.6 is 0 Å². The van der Waals surface area contributed by atoms with Crippen LogP contribution in [0.3, 0.4) is 0 Å². The van der Waals surface area contributed by atoms with Crippen LogP contribution in [0, 0.1) is 0 Å². The number of esters is 1. The van der Waals surface area contributed by atoms with Gasteiger partial charge in [-0.15, -0.1) is 0 Å². The van der Waals surface area contributed by atoms with Crippen molar-refractivity contribution in [2.45, 2.75) is 20.0 Å². The number of furan rings is 1. The van der Waals surface area contributed by atoms with Crippen LogP contribution in [0.2, 0.25) is 0 Å². The average molecular weight is 291 g/mol. The molecule has 0 aliphatic rings. The number of hydrogen-bond acceptors (Lipinski definition) is 5. The molecule has 2 rings (SSSR count). The molecular formula is C15H17NO5. The first kappa shape index (κ1) is 14.9. The van der Waals surface area contributed by atoms with E-state index in [1.807, 2.05) is 13.8 Å². The fourth-order valence-electron chi connectivity index (χ4n) is 1.85. The topological polar surface area (TPSA) is 77.8 Å². The summed E-state index contributed by atoms with van der Waals surface area (Å²) in [6.45, 7) is 3.61. The summed E-state index contributed by atoms with van der Waals surface area (Å²) in [6.07, 6.45) is 1.50. The van der Waals surface area contributed by atoms with Crippen LogP contribution < -0.4 is 10.1 Å². The SMILES string of the molecule is COC(=O)CNC(=O)c1cc(OC(C)C)c2ccoc2c1. The minimum atomic E-state index is -0.513. The molecule has 0 atom stereocenters. The Balaban J connectivity index is 2.27. The molecule has 1 N–H and O–H groups in total. The van der Waals surface area contributed by atoms with E-state index in [1.54, 1.807) is 18.2 Å². The predicted molar refractivity (Wildman–Crippen MR) is 76.3 cm³/mol. The minimum Gasteiger partial charge on any atom is -0.490 e. The van der Waals surface area contributed by atoms with Crippen molar-refractivity contribution >= 4 is 22.8 Å². The zero-order valence-corrected chi connectivity index (χ0v) is 12.1. The second-order valence-electron chi connectivity index (χ2n) is 4.73. The van der Waals surface area contributed by atoms with Gasteiger partial charge in [-0.1, -0.05) is 0 Å². The van der Waals surface area contributed by atoms with Crippen molar-refractivity contribution in [3.05, 3.63) is 30.0 Å². The molecule has 112 valence electrons. The van der Waals surface area contributed by atoms with Crippen molar-refractivity contribution in [2.24, 2.45) is 0 Å².